The normalized spacial score (nSPS) is 35.6. The van der Waals surface area contributed by atoms with Crippen molar-refractivity contribution in [1.29, 1.82) is 0 Å². The lowest BCUT2D eigenvalue weighted by molar-refractivity contribution is 0.190. The Morgan fingerprint density at radius 2 is 2.00 bits per heavy atom. The molecule has 0 spiro atoms. The molecular weight excluding hydrogens is 180 g/mol. The highest BCUT2D eigenvalue weighted by Crippen LogP contribution is 2.37. The molecule has 0 aromatic heterocycles. The van der Waals surface area contributed by atoms with Crippen LogP contribution in [0.1, 0.15) is 6.42 Å². The summed E-state index contributed by atoms with van der Waals surface area (Å²) in [7, 11) is 2.98. The zero-order chi connectivity index (χ0) is 10.3. The summed E-state index contributed by atoms with van der Waals surface area (Å²) < 4.78 is 0. The molecule has 0 aromatic rings. The predicted octanol–water partition coefficient (Wildman–Crippen LogP) is 1.10. The molecule has 2 aliphatic rings. The maximum Gasteiger partial charge on any atom is 0.0381 e. The Labute approximate surface area is 83.6 Å². The van der Waals surface area contributed by atoms with E-state index in [2.05, 4.69) is 6.08 Å². The van der Waals surface area contributed by atoms with Gasteiger partial charge in [-0.25, -0.2) is 0 Å². The molecule has 2 aliphatic carbocycles. The van der Waals surface area contributed by atoms with Crippen molar-refractivity contribution in [3.63, 3.8) is 0 Å². The van der Waals surface area contributed by atoms with Crippen molar-refractivity contribution in [3.05, 3.63) is 34.2 Å². The molecule has 0 N–H and O–H groups in total. The minimum absolute atomic E-state index is 0.207. The zero-order valence-corrected chi connectivity index (χ0v) is 8.38. The monoisotopic (exact) mass is 194 g/mol. The highest BCUT2D eigenvalue weighted by Gasteiger charge is 2.36. The summed E-state index contributed by atoms with van der Waals surface area (Å²) in [5, 5.41) is 24.6. The van der Waals surface area contributed by atoms with Gasteiger partial charge in [-0.2, -0.15) is 0 Å². The molecule has 3 unspecified atom stereocenters. The van der Waals surface area contributed by atoms with E-state index in [0.29, 0.717) is 0 Å². The lowest BCUT2D eigenvalue weighted by Gasteiger charge is -2.44. The molecule has 0 saturated heterocycles. The Morgan fingerprint density at radius 1 is 1.29 bits per heavy atom. The van der Waals surface area contributed by atoms with Crippen molar-refractivity contribution in [1.82, 2.24) is 10.1 Å². The number of hydrogen-bond donors (Lipinski definition) is 0. The van der Waals surface area contributed by atoms with Gasteiger partial charge in [0, 0.05) is 12.1 Å². The molecule has 3 atom stereocenters. The van der Waals surface area contributed by atoms with Crippen LogP contribution in [0.3, 0.4) is 0 Å². The second-order valence-electron chi connectivity index (χ2n) is 4.00. The van der Waals surface area contributed by atoms with Gasteiger partial charge in [0.25, 0.3) is 0 Å². The third kappa shape index (κ3) is 1.40. The highest BCUT2D eigenvalue weighted by atomic mass is 16.5. The fraction of sp³-hybridized carbons (Fsp3) is 0.600. The number of hydrogen-bond acceptors (Lipinski definition) is 4. The quantitative estimate of drug-likeness (QED) is 0.618. The van der Waals surface area contributed by atoms with Crippen LogP contribution in [0.25, 0.3) is 0 Å². The summed E-state index contributed by atoms with van der Waals surface area (Å²) in [5.41, 5.74) is 0.992. The van der Waals surface area contributed by atoms with Gasteiger partial charge >= 0.3 is 0 Å². The van der Waals surface area contributed by atoms with Crippen LogP contribution in [-0.2, 0) is 0 Å². The minimum atomic E-state index is -0.291. The molecule has 14 heavy (non-hydrogen) atoms. The number of allylic oxidation sites excluding steroid dienone is 1. The van der Waals surface area contributed by atoms with Gasteiger partial charge in [0.05, 0.1) is 0 Å². The predicted molar refractivity (Wildman–Crippen MR) is 55.2 cm³/mol. The topological polar surface area (TPSA) is 52.6 Å². The van der Waals surface area contributed by atoms with E-state index in [4.69, 9.17) is 0 Å². The standard InChI is InChI=1S/C10H14N2O2/c1-11(13)9-7-4-3-5-8(6-7)10(9)12(2)14/h3-4,6,8-10H,5H2,1-2H3/q-2. The van der Waals surface area contributed by atoms with Crippen molar-refractivity contribution in [2.75, 3.05) is 14.1 Å². The molecule has 0 fully saturated rings. The molecule has 0 saturated carbocycles. The fourth-order valence-corrected chi connectivity index (χ4v) is 2.49. The first-order chi connectivity index (χ1) is 6.61. The van der Waals surface area contributed by atoms with Crippen LogP contribution in [-0.4, -0.2) is 36.3 Å². The van der Waals surface area contributed by atoms with Crippen LogP contribution in [0, 0.1) is 16.3 Å². The number of likely N-dealkylation sites (N-methyl/N-ethyl adjacent to an activating group) is 2. The minimum Gasteiger partial charge on any atom is -0.785 e. The molecule has 0 heterocycles. The van der Waals surface area contributed by atoms with Gasteiger partial charge in [0.1, 0.15) is 0 Å². The summed E-state index contributed by atoms with van der Waals surface area (Å²) in [6.45, 7) is 0. The molecule has 0 aromatic carbocycles. The van der Waals surface area contributed by atoms with Crippen LogP contribution in [0.2, 0.25) is 0 Å². The molecule has 0 aliphatic heterocycles. The lowest BCUT2D eigenvalue weighted by Crippen LogP contribution is -2.45. The van der Waals surface area contributed by atoms with Gasteiger partial charge in [-0.3, -0.25) is 0 Å². The molecule has 0 radical (unpaired) electrons. The van der Waals surface area contributed by atoms with E-state index in [1.807, 2.05) is 12.2 Å². The van der Waals surface area contributed by atoms with Crippen LogP contribution >= 0.6 is 0 Å². The lowest BCUT2D eigenvalue weighted by atomic mass is 9.98. The second-order valence-corrected chi connectivity index (χ2v) is 4.00. The van der Waals surface area contributed by atoms with Gasteiger partial charge in [-0.05, 0) is 32.0 Å². The molecular formula is C10H14N2O2-2. The number of hydroxylamine groups is 4. The Balaban J connectivity index is 2.27. The Kier molecular flexibility index (Phi) is 2.45. The average molecular weight is 194 g/mol. The molecule has 0 amide bonds. The Bertz CT molecular complexity index is 284. The molecule has 4 heteroatoms. The molecule has 78 valence electrons. The van der Waals surface area contributed by atoms with Crippen LogP contribution < -0.4 is 0 Å². The molecule has 4 nitrogen and oxygen atoms in total. The fourth-order valence-electron chi connectivity index (χ4n) is 2.49. The first kappa shape index (κ1) is 9.86. The largest absolute Gasteiger partial charge is 0.785 e. The van der Waals surface area contributed by atoms with Gasteiger partial charge in [0.15, 0.2) is 0 Å². The summed E-state index contributed by atoms with van der Waals surface area (Å²) in [6, 6.07) is -0.510. The summed E-state index contributed by atoms with van der Waals surface area (Å²) in [6.07, 6.45) is 6.92. The van der Waals surface area contributed by atoms with Crippen LogP contribution in [0.15, 0.2) is 23.8 Å². The maximum absolute atomic E-state index is 11.4. The van der Waals surface area contributed by atoms with E-state index < -0.39 is 0 Å². The van der Waals surface area contributed by atoms with Crippen LogP contribution in [0.4, 0.5) is 0 Å². The van der Waals surface area contributed by atoms with Crippen molar-refractivity contribution in [3.8, 4) is 0 Å². The Hall–Kier alpha value is -0.680. The van der Waals surface area contributed by atoms with Crippen LogP contribution in [0.5, 0.6) is 0 Å². The number of nitrogens with zero attached hydrogens (tertiary/aromatic N) is 2. The van der Waals surface area contributed by atoms with E-state index >= 15 is 0 Å². The van der Waals surface area contributed by atoms with Gasteiger partial charge in [-0.1, -0.05) is 18.2 Å². The van der Waals surface area contributed by atoms with E-state index in [1.165, 1.54) is 14.1 Å². The van der Waals surface area contributed by atoms with E-state index in [0.717, 1.165) is 22.1 Å². The Morgan fingerprint density at radius 3 is 2.57 bits per heavy atom. The smallest absolute Gasteiger partial charge is 0.0381 e. The third-order valence-corrected chi connectivity index (χ3v) is 3.04. The zero-order valence-electron chi connectivity index (χ0n) is 8.38. The second kappa shape index (κ2) is 3.47. The van der Waals surface area contributed by atoms with Gasteiger partial charge in [0.2, 0.25) is 0 Å². The van der Waals surface area contributed by atoms with Crippen molar-refractivity contribution < 1.29 is 0 Å². The summed E-state index contributed by atoms with van der Waals surface area (Å²) >= 11 is 0. The molecule has 2 rings (SSSR count). The first-order valence-corrected chi connectivity index (χ1v) is 4.79. The summed E-state index contributed by atoms with van der Waals surface area (Å²) in [4.78, 5) is 0. The van der Waals surface area contributed by atoms with Crippen molar-refractivity contribution in [2.45, 2.75) is 18.5 Å². The first-order valence-electron chi connectivity index (χ1n) is 4.79. The molecule has 2 bridgehead atoms. The third-order valence-electron chi connectivity index (χ3n) is 3.04. The summed E-state index contributed by atoms with van der Waals surface area (Å²) in [5.74, 6) is 0.207. The number of fused-ring (bicyclic) bond motifs is 1. The average Bonchev–Trinajstić information content (AvgIpc) is 2.37. The van der Waals surface area contributed by atoms with E-state index in [1.54, 1.807) is 0 Å². The van der Waals surface area contributed by atoms with Crippen molar-refractivity contribution >= 4 is 0 Å². The number of rotatable bonds is 2. The van der Waals surface area contributed by atoms with E-state index in [9.17, 15) is 10.4 Å². The SMILES string of the molecule is CN([O-])C1C2=CC(CC=C2)C1N(C)[O-]. The van der Waals surface area contributed by atoms with Gasteiger partial charge < -0.3 is 20.5 Å². The van der Waals surface area contributed by atoms with Crippen molar-refractivity contribution in [2.24, 2.45) is 5.92 Å². The maximum atomic E-state index is 11.4. The highest BCUT2D eigenvalue weighted by molar-refractivity contribution is 5.38. The van der Waals surface area contributed by atoms with E-state index in [-0.39, 0.29) is 18.0 Å². The van der Waals surface area contributed by atoms with Gasteiger partial charge in [-0.15, -0.1) is 0 Å².